The number of hydrogen-bond donors (Lipinski definition) is 3. The van der Waals surface area contributed by atoms with E-state index < -0.39 is 47.8 Å². The summed E-state index contributed by atoms with van der Waals surface area (Å²) < 4.78 is 43.7. The summed E-state index contributed by atoms with van der Waals surface area (Å²) in [4.78, 5) is 14.8. The summed E-state index contributed by atoms with van der Waals surface area (Å²) in [5, 5.41) is 21.7. The zero-order chi connectivity index (χ0) is 18.7. The van der Waals surface area contributed by atoms with E-state index >= 15 is 0 Å². The van der Waals surface area contributed by atoms with Gasteiger partial charge >= 0.3 is 12.3 Å². The number of rotatable bonds is 4. The zero-order valence-corrected chi connectivity index (χ0v) is 13.9. The summed E-state index contributed by atoms with van der Waals surface area (Å²) in [6.07, 6.45) is -8.84. The Morgan fingerprint density at radius 3 is 2.46 bits per heavy atom. The van der Waals surface area contributed by atoms with Crippen LogP contribution >= 0.6 is 11.6 Å². The van der Waals surface area contributed by atoms with Gasteiger partial charge in [0.15, 0.2) is 0 Å². The van der Waals surface area contributed by atoms with Gasteiger partial charge in [-0.3, -0.25) is 0 Å². The molecule has 24 heavy (non-hydrogen) atoms. The molecule has 2 atom stereocenters. The second kappa shape index (κ2) is 7.54. The molecule has 1 rings (SSSR count). The van der Waals surface area contributed by atoms with Gasteiger partial charge < -0.3 is 20.3 Å². The lowest BCUT2D eigenvalue weighted by molar-refractivity contribution is -0.140. The van der Waals surface area contributed by atoms with E-state index in [1.165, 1.54) is 0 Å². The van der Waals surface area contributed by atoms with Crippen LogP contribution in [0.2, 0.25) is 5.15 Å². The molecule has 1 aromatic heterocycles. The van der Waals surface area contributed by atoms with Gasteiger partial charge in [0.25, 0.3) is 0 Å². The Hall–Kier alpha value is -1.58. The Balaban J connectivity index is 2.85. The Bertz CT molecular complexity index is 590. The minimum Gasteiger partial charge on any atom is -0.444 e. The number of aliphatic hydroxyl groups excluding tert-OH is 2. The molecule has 0 bridgehead atoms. The number of halogens is 4. The second-order valence-electron chi connectivity index (χ2n) is 5.99. The van der Waals surface area contributed by atoms with E-state index in [0.29, 0.717) is 6.20 Å². The van der Waals surface area contributed by atoms with Crippen molar-refractivity contribution in [2.24, 2.45) is 0 Å². The molecule has 0 fully saturated rings. The fraction of sp³-hybridized carbons (Fsp3) is 0.571. The van der Waals surface area contributed by atoms with Gasteiger partial charge in [0.2, 0.25) is 0 Å². The predicted octanol–water partition coefficient (Wildman–Crippen LogP) is 2.67. The number of alkyl carbamates (subject to hydrolysis) is 1. The van der Waals surface area contributed by atoms with E-state index in [1.807, 2.05) is 0 Å². The molecule has 1 amide bonds. The van der Waals surface area contributed by atoms with Crippen LogP contribution in [0.5, 0.6) is 0 Å². The molecule has 3 N–H and O–H groups in total. The molecule has 0 saturated heterocycles. The van der Waals surface area contributed by atoms with Crippen LogP contribution in [0.1, 0.15) is 38.0 Å². The number of carbonyl (C=O) groups is 1. The van der Waals surface area contributed by atoms with Gasteiger partial charge in [0.05, 0.1) is 5.56 Å². The van der Waals surface area contributed by atoms with Crippen molar-refractivity contribution in [1.82, 2.24) is 10.3 Å². The standard InChI is InChI=1S/C14H18ClF3N2O4/c1-13(2,3)24-12(23)20-6-9(21)11(22)7-4-10(15)19-5-8(7)14(16,17)18/h4-5,9,11,21-22H,6H2,1-3H3,(H,20,23). The van der Waals surface area contributed by atoms with E-state index in [0.717, 1.165) is 6.07 Å². The lowest BCUT2D eigenvalue weighted by atomic mass is 10.00. The number of alkyl halides is 3. The Kier molecular flexibility index (Phi) is 6.43. The molecule has 2 unspecified atom stereocenters. The largest absolute Gasteiger partial charge is 0.444 e. The summed E-state index contributed by atoms with van der Waals surface area (Å²) in [5.74, 6) is 0. The van der Waals surface area contributed by atoms with Crippen LogP contribution in [0, 0.1) is 0 Å². The molecule has 136 valence electrons. The van der Waals surface area contributed by atoms with Crippen LogP contribution in [-0.4, -0.2) is 39.5 Å². The monoisotopic (exact) mass is 370 g/mol. The molecule has 0 aliphatic rings. The smallest absolute Gasteiger partial charge is 0.418 e. The molecule has 1 heterocycles. The third kappa shape index (κ3) is 6.14. The first-order chi connectivity index (χ1) is 10.8. The average Bonchev–Trinajstić information content (AvgIpc) is 2.40. The molecule has 10 heteroatoms. The molecule has 0 aliphatic carbocycles. The maximum absolute atomic E-state index is 12.9. The van der Waals surface area contributed by atoms with E-state index in [2.05, 4.69) is 10.3 Å². The molecular weight excluding hydrogens is 353 g/mol. The molecule has 0 radical (unpaired) electrons. The van der Waals surface area contributed by atoms with Crippen molar-refractivity contribution in [3.8, 4) is 0 Å². The van der Waals surface area contributed by atoms with Crippen molar-refractivity contribution in [2.45, 2.75) is 44.8 Å². The van der Waals surface area contributed by atoms with E-state index in [1.54, 1.807) is 20.8 Å². The molecule has 0 aliphatic heterocycles. The number of nitrogens with one attached hydrogen (secondary N) is 1. The van der Waals surface area contributed by atoms with Gasteiger partial charge in [-0.25, -0.2) is 9.78 Å². The van der Waals surface area contributed by atoms with Gasteiger partial charge in [-0.05, 0) is 32.4 Å². The number of aromatic nitrogens is 1. The Morgan fingerprint density at radius 1 is 1.38 bits per heavy atom. The minimum atomic E-state index is -4.79. The van der Waals surface area contributed by atoms with Crippen molar-refractivity contribution in [2.75, 3.05) is 6.54 Å². The topological polar surface area (TPSA) is 91.7 Å². The number of aliphatic hydroxyl groups is 2. The highest BCUT2D eigenvalue weighted by Gasteiger charge is 2.37. The molecule has 1 aromatic rings. The first-order valence-corrected chi connectivity index (χ1v) is 7.24. The molecule has 6 nitrogen and oxygen atoms in total. The highest BCUT2D eigenvalue weighted by molar-refractivity contribution is 6.29. The molecular formula is C14H18ClF3N2O4. The lowest BCUT2D eigenvalue weighted by Crippen LogP contribution is -2.39. The maximum atomic E-state index is 12.9. The number of pyridine rings is 1. The Labute approximate surface area is 141 Å². The summed E-state index contributed by atoms with van der Waals surface area (Å²) >= 11 is 5.55. The summed E-state index contributed by atoms with van der Waals surface area (Å²) in [6.45, 7) is 4.33. The number of nitrogens with zero attached hydrogens (tertiary/aromatic N) is 1. The van der Waals surface area contributed by atoms with Gasteiger partial charge in [-0.1, -0.05) is 11.6 Å². The van der Waals surface area contributed by atoms with Crippen LogP contribution < -0.4 is 5.32 Å². The van der Waals surface area contributed by atoms with Gasteiger partial charge in [0.1, 0.15) is 23.0 Å². The van der Waals surface area contributed by atoms with Gasteiger partial charge in [-0.15, -0.1) is 0 Å². The normalized spacial score (nSPS) is 14.9. The molecule has 0 spiro atoms. The van der Waals surface area contributed by atoms with Crippen molar-refractivity contribution in [3.05, 3.63) is 28.5 Å². The van der Waals surface area contributed by atoms with Crippen LogP contribution in [0.3, 0.4) is 0 Å². The quantitative estimate of drug-likeness (QED) is 0.709. The Morgan fingerprint density at radius 2 is 1.96 bits per heavy atom. The second-order valence-corrected chi connectivity index (χ2v) is 6.37. The van der Waals surface area contributed by atoms with Crippen LogP contribution in [-0.2, 0) is 10.9 Å². The third-order valence-electron chi connectivity index (χ3n) is 2.75. The maximum Gasteiger partial charge on any atom is 0.418 e. The third-order valence-corrected chi connectivity index (χ3v) is 2.95. The highest BCUT2D eigenvalue weighted by atomic mass is 35.5. The lowest BCUT2D eigenvalue weighted by Gasteiger charge is -2.23. The number of hydrogen-bond acceptors (Lipinski definition) is 5. The fourth-order valence-corrected chi connectivity index (χ4v) is 1.91. The van der Waals surface area contributed by atoms with Crippen molar-refractivity contribution >= 4 is 17.7 Å². The van der Waals surface area contributed by atoms with Crippen molar-refractivity contribution in [1.29, 1.82) is 0 Å². The minimum absolute atomic E-state index is 0.274. The average molecular weight is 371 g/mol. The van der Waals surface area contributed by atoms with Crippen LogP contribution in [0.25, 0.3) is 0 Å². The molecule has 0 aromatic carbocycles. The fourth-order valence-electron chi connectivity index (χ4n) is 1.75. The van der Waals surface area contributed by atoms with Gasteiger partial charge in [-0.2, -0.15) is 13.2 Å². The SMILES string of the molecule is CC(C)(C)OC(=O)NCC(O)C(O)c1cc(Cl)ncc1C(F)(F)F. The van der Waals surface area contributed by atoms with Crippen molar-refractivity contribution in [3.63, 3.8) is 0 Å². The van der Waals surface area contributed by atoms with Crippen molar-refractivity contribution < 1.29 is 32.9 Å². The summed E-state index contributed by atoms with van der Waals surface area (Å²) in [5.41, 5.74) is -2.65. The predicted molar refractivity (Wildman–Crippen MR) is 79.5 cm³/mol. The van der Waals surface area contributed by atoms with Crippen LogP contribution in [0.4, 0.5) is 18.0 Å². The van der Waals surface area contributed by atoms with Gasteiger partial charge in [0, 0.05) is 12.7 Å². The molecule has 0 saturated carbocycles. The first-order valence-electron chi connectivity index (χ1n) is 6.87. The van der Waals surface area contributed by atoms with Crippen LogP contribution in [0.15, 0.2) is 12.3 Å². The summed E-state index contributed by atoms with van der Waals surface area (Å²) in [6, 6.07) is 0.811. The first kappa shape index (κ1) is 20.5. The highest BCUT2D eigenvalue weighted by Crippen LogP contribution is 2.35. The van der Waals surface area contributed by atoms with E-state index in [4.69, 9.17) is 16.3 Å². The zero-order valence-electron chi connectivity index (χ0n) is 13.2. The van der Waals surface area contributed by atoms with E-state index in [-0.39, 0.29) is 5.15 Å². The number of amides is 1. The number of ether oxygens (including phenoxy) is 1. The van der Waals surface area contributed by atoms with E-state index in [9.17, 15) is 28.2 Å². The number of carbonyl (C=O) groups excluding carboxylic acids is 1. The summed E-state index contributed by atoms with van der Waals surface area (Å²) in [7, 11) is 0.